The number of nitrogens with zero attached hydrogens (tertiary/aromatic N) is 5. The Morgan fingerprint density at radius 2 is 1.88 bits per heavy atom. The predicted octanol–water partition coefficient (Wildman–Crippen LogP) is 2.60. The van der Waals surface area contributed by atoms with Gasteiger partial charge in [0.2, 0.25) is 11.8 Å². The Morgan fingerprint density at radius 3 is 2.56 bits per heavy atom. The molecule has 1 atom stereocenters. The van der Waals surface area contributed by atoms with E-state index in [2.05, 4.69) is 15.0 Å². The van der Waals surface area contributed by atoms with E-state index in [4.69, 9.17) is 4.52 Å². The molecule has 8 nitrogen and oxygen atoms in total. The summed E-state index contributed by atoms with van der Waals surface area (Å²) in [7, 11) is 0. The Bertz CT molecular complexity index is 901. The summed E-state index contributed by atoms with van der Waals surface area (Å²) in [5.74, 6) is 2.43. The van der Waals surface area contributed by atoms with Crippen molar-refractivity contribution in [3.63, 3.8) is 0 Å². The van der Waals surface area contributed by atoms with Gasteiger partial charge >= 0.3 is 0 Å². The van der Waals surface area contributed by atoms with Gasteiger partial charge < -0.3 is 19.2 Å². The molecule has 2 amide bonds. The van der Waals surface area contributed by atoms with Crippen LogP contribution < -0.4 is 4.90 Å². The normalized spacial score (nSPS) is 19.3. The molecule has 0 saturated carbocycles. The summed E-state index contributed by atoms with van der Waals surface area (Å²) in [5.41, 5.74) is 1.69. The van der Waals surface area contributed by atoms with Gasteiger partial charge in [-0.2, -0.15) is 0 Å². The number of hydrogen-bond donors (Lipinski definition) is 0. The Labute approximate surface area is 189 Å². The van der Waals surface area contributed by atoms with Crippen LogP contribution in [0.1, 0.15) is 42.7 Å². The number of rotatable bonds is 6. The molecular formula is C24H33N5O3. The largest absolute Gasteiger partial charge is 0.361 e. The number of piperidine rings is 1. The number of aryl methyl sites for hydroxylation is 2. The van der Waals surface area contributed by atoms with Crippen molar-refractivity contribution in [3.05, 3.63) is 41.4 Å². The van der Waals surface area contributed by atoms with Gasteiger partial charge in [-0.1, -0.05) is 11.2 Å². The monoisotopic (exact) mass is 439 g/mol. The molecule has 4 rings (SSSR count). The molecule has 0 N–H and O–H groups in total. The van der Waals surface area contributed by atoms with Crippen LogP contribution in [0.15, 0.2) is 28.9 Å². The minimum Gasteiger partial charge on any atom is -0.361 e. The van der Waals surface area contributed by atoms with Gasteiger partial charge in [0.25, 0.3) is 0 Å². The smallest absolute Gasteiger partial charge is 0.227 e. The zero-order valence-corrected chi connectivity index (χ0v) is 19.1. The first-order valence-electron chi connectivity index (χ1n) is 11.6. The molecule has 0 spiro atoms. The average molecular weight is 440 g/mol. The second kappa shape index (κ2) is 10.1. The van der Waals surface area contributed by atoms with E-state index < -0.39 is 0 Å². The highest BCUT2D eigenvalue weighted by atomic mass is 16.5. The Balaban J connectivity index is 1.22. The number of likely N-dealkylation sites (tertiary alicyclic amines) is 1. The summed E-state index contributed by atoms with van der Waals surface area (Å²) in [4.78, 5) is 36.2. The van der Waals surface area contributed by atoms with Crippen LogP contribution in [-0.4, -0.2) is 71.0 Å². The highest BCUT2D eigenvalue weighted by Crippen LogP contribution is 2.23. The van der Waals surface area contributed by atoms with Gasteiger partial charge in [-0.05, 0) is 51.2 Å². The van der Waals surface area contributed by atoms with Crippen LogP contribution in [0, 0.1) is 19.8 Å². The van der Waals surface area contributed by atoms with E-state index in [1.807, 2.05) is 41.8 Å². The first-order chi connectivity index (χ1) is 15.5. The molecule has 0 radical (unpaired) electrons. The van der Waals surface area contributed by atoms with Crippen LogP contribution in [0.3, 0.4) is 0 Å². The lowest BCUT2D eigenvalue weighted by molar-refractivity contribution is -0.132. The van der Waals surface area contributed by atoms with Crippen LogP contribution in [0.25, 0.3) is 0 Å². The van der Waals surface area contributed by atoms with Crippen molar-refractivity contribution in [2.45, 2.75) is 46.0 Å². The summed E-state index contributed by atoms with van der Waals surface area (Å²) < 4.78 is 5.19. The zero-order valence-electron chi connectivity index (χ0n) is 19.1. The van der Waals surface area contributed by atoms with Gasteiger partial charge in [-0.3, -0.25) is 9.59 Å². The zero-order chi connectivity index (χ0) is 22.5. The van der Waals surface area contributed by atoms with Crippen molar-refractivity contribution in [1.82, 2.24) is 19.9 Å². The second-order valence-electron chi connectivity index (χ2n) is 8.92. The Kier molecular flexibility index (Phi) is 7.07. The van der Waals surface area contributed by atoms with E-state index in [-0.39, 0.29) is 11.8 Å². The molecule has 2 aliphatic rings. The van der Waals surface area contributed by atoms with E-state index in [1.54, 1.807) is 6.20 Å². The molecule has 0 bridgehead atoms. The Hall–Kier alpha value is -2.90. The highest BCUT2D eigenvalue weighted by Gasteiger charge is 2.27. The number of amides is 2. The third kappa shape index (κ3) is 5.29. The lowest BCUT2D eigenvalue weighted by atomic mass is 9.92. The van der Waals surface area contributed by atoms with Crippen LogP contribution in [0.2, 0.25) is 0 Å². The molecule has 8 heteroatoms. The minimum atomic E-state index is 0.126. The highest BCUT2D eigenvalue weighted by molar-refractivity contribution is 5.79. The first-order valence-corrected chi connectivity index (χ1v) is 11.6. The second-order valence-corrected chi connectivity index (χ2v) is 8.92. The van der Waals surface area contributed by atoms with Crippen LogP contribution in [0.4, 0.5) is 5.82 Å². The van der Waals surface area contributed by atoms with Crippen molar-refractivity contribution in [3.8, 4) is 0 Å². The molecule has 2 aliphatic heterocycles. The van der Waals surface area contributed by atoms with Crippen LogP contribution in [0.5, 0.6) is 0 Å². The van der Waals surface area contributed by atoms with E-state index in [0.29, 0.717) is 18.8 Å². The van der Waals surface area contributed by atoms with Gasteiger partial charge in [0, 0.05) is 57.4 Å². The quantitative estimate of drug-likeness (QED) is 0.688. The molecule has 2 fully saturated rings. The third-order valence-corrected chi connectivity index (χ3v) is 6.75. The summed E-state index contributed by atoms with van der Waals surface area (Å²) in [5, 5.41) is 3.95. The fraction of sp³-hybridized carbons (Fsp3) is 0.583. The molecule has 0 aromatic carbocycles. The average Bonchev–Trinajstić information content (AvgIpc) is 3.15. The molecule has 2 saturated heterocycles. The molecule has 1 unspecified atom stereocenters. The van der Waals surface area contributed by atoms with Crippen LogP contribution in [-0.2, 0) is 16.0 Å². The number of aromatic nitrogens is 2. The first kappa shape index (κ1) is 22.3. The molecule has 0 aliphatic carbocycles. The van der Waals surface area contributed by atoms with E-state index in [9.17, 15) is 9.59 Å². The van der Waals surface area contributed by atoms with E-state index in [1.165, 1.54) is 0 Å². The lowest BCUT2D eigenvalue weighted by Gasteiger charge is -2.36. The summed E-state index contributed by atoms with van der Waals surface area (Å²) >= 11 is 0. The van der Waals surface area contributed by atoms with E-state index in [0.717, 1.165) is 81.4 Å². The van der Waals surface area contributed by atoms with Gasteiger partial charge in [-0.15, -0.1) is 0 Å². The molecule has 4 heterocycles. The number of carbonyl (C=O) groups excluding carboxylic acids is 2. The topological polar surface area (TPSA) is 82.8 Å². The lowest BCUT2D eigenvalue weighted by Crippen LogP contribution is -2.49. The minimum absolute atomic E-state index is 0.126. The molecular weight excluding hydrogens is 406 g/mol. The third-order valence-electron chi connectivity index (χ3n) is 6.75. The SMILES string of the molecule is Cc1noc(C)c1CC(=O)N1CCCC(CCC(=O)N2CCN(c3ccccn3)CC2)C1. The van der Waals surface area contributed by atoms with Crippen molar-refractivity contribution in [1.29, 1.82) is 0 Å². The maximum Gasteiger partial charge on any atom is 0.227 e. The summed E-state index contributed by atoms with van der Waals surface area (Å²) in [6.45, 7) is 8.37. The molecule has 2 aromatic rings. The van der Waals surface area contributed by atoms with Crippen molar-refractivity contribution < 1.29 is 14.1 Å². The molecule has 2 aromatic heterocycles. The van der Waals surface area contributed by atoms with Gasteiger partial charge in [-0.25, -0.2) is 4.98 Å². The maximum absolute atomic E-state index is 12.8. The van der Waals surface area contributed by atoms with E-state index >= 15 is 0 Å². The van der Waals surface area contributed by atoms with Crippen molar-refractivity contribution >= 4 is 17.6 Å². The Morgan fingerprint density at radius 1 is 1.06 bits per heavy atom. The fourth-order valence-electron chi connectivity index (χ4n) is 4.76. The number of hydrogen-bond acceptors (Lipinski definition) is 6. The molecule has 32 heavy (non-hydrogen) atoms. The fourth-order valence-corrected chi connectivity index (χ4v) is 4.76. The number of carbonyl (C=O) groups is 2. The van der Waals surface area contributed by atoms with Crippen molar-refractivity contribution in [2.24, 2.45) is 5.92 Å². The number of anilines is 1. The maximum atomic E-state index is 12.8. The summed E-state index contributed by atoms with van der Waals surface area (Å²) in [6.07, 6.45) is 5.62. The summed E-state index contributed by atoms with van der Waals surface area (Å²) in [6, 6.07) is 5.92. The van der Waals surface area contributed by atoms with Gasteiger partial charge in [0.1, 0.15) is 11.6 Å². The molecule has 172 valence electrons. The van der Waals surface area contributed by atoms with Gasteiger partial charge in [0.05, 0.1) is 12.1 Å². The standard InChI is InChI=1S/C24H33N5O3/c1-18-21(19(2)32-26-18)16-24(31)29-11-5-6-20(17-29)8-9-23(30)28-14-12-27(13-15-28)22-7-3-4-10-25-22/h3-4,7,10,20H,5-6,8-9,11-17H2,1-2H3. The van der Waals surface area contributed by atoms with Crippen LogP contribution >= 0.6 is 0 Å². The van der Waals surface area contributed by atoms with Gasteiger partial charge in [0.15, 0.2) is 0 Å². The number of pyridine rings is 1. The number of piperazine rings is 1. The van der Waals surface area contributed by atoms with Crippen molar-refractivity contribution in [2.75, 3.05) is 44.2 Å². The predicted molar refractivity (Wildman–Crippen MR) is 121 cm³/mol.